The Morgan fingerprint density at radius 2 is 1.74 bits per heavy atom. The van der Waals surface area contributed by atoms with Crippen molar-refractivity contribution in [3.8, 4) is 0 Å². The highest BCUT2D eigenvalue weighted by Crippen LogP contribution is 2.17. The number of anilines is 3. The van der Waals surface area contributed by atoms with Crippen molar-refractivity contribution in [3.63, 3.8) is 0 Å². The van der Waals surface area contributed by atoms with Crippen LogP contribution in [0.3, 0.4) is 0 Å². The quantitative estimate of drug-likeness (QED) is 0.902. The molecule has 1 N–H and O–H groups in total. The van der Waals surface area contributed by atoms with Gasteiger partial charge in [-0.25, -0.2) is 15.0 Å². The van der Waals surface area contributed by atoms with Crippen LogP contribution in [0.5, 0.6) is 0 Å². The van der Waals surface area contributed by atoms with Gasteiger partial charge in [0.25, 0.3) is 0 Å². The SMILES string of the molecule is CCC(C)Nc1nccc(N2CCN(c3ncccn3)CC2)n1. The summed E-state index contributed by atoms with van der Waals surface area (Å²) in [4.78, 5) is 22.1. The second-order valence-electron chi connectivity index (χ2n) is 5.71. The van der Waals surface area contributed by atoms with E-state index in [2.05, 4.69) is 48.9 Å². The van der Waals surface area contributed by atoms with Gasteiger partial charge in [0.15, 0.2) is 0 Å². The second-order valence-corrected chi connectivity index (χ2v) is 5.71. The molecule has 0 aliphatic carbocycles. The molecule has 3 rings (SSSR count). The topological polar surface area (TPSA) is 70.1 Å². The van der Waals surface area contributed by atoms with E-state index in [1.807, 2.05) is 18.3 Å². The number of piperazine rings is 1. The number of hydrogen-bond acceptors (Lipinski definition) is 7. The summed E-state index contributed by atoms with van der Waals surface area (Å²) >= 11 is 0. The van der Waals surface area contributed by atoms with E-state index in [4.69, 9.17) is 0 Å². The number of aromatic nitrogens is 4. The first-order chi connectivity index (χ1) is 11.3. The molecule has 0 aromatic carbocycles. The van der Waals surface area contributed by atoms with Crippen LogP contribution < -0.4 is 15.1 Å². The van der Waals surface area contributed by atoms with Crippen LogP contribution in [0.1, 0.15) is 20.3 Å². The van der Waals surface area contributed by atoms with Crippen molar-refractivity contribution in [2.75, 3.05) is 41.3 Å². The normalized spacial score (nSPS) is 16.3. The van der Waals surface area contributed by atoms with E-state index < -0.39 is 0 Å². The molecule has 0 bridgehead atoms. The number of hydrogen-bond donors (Lipinski definition) is 1. The van der Waals surface area contributed by atoms with Crippen molar-refractivity contribution >= 4 is 17.7 Å². The molecular formula is C16H23N7. The van der Waals surface area contributed by atoms with Gasteiger partial charge in [-0.3, -0.25) is 0 Å². The largest absolute Gasteiger partial charge is 0.353 e. The summed E-state index contributed by atoms with van der Waals surface area (Å²) in [5, 5.41) is 3.33. The summed E-state index contributed by atoms with van der Waals surface area (Å²) in [6.45, 7) is 7.86. The van der Waals surface area contributed by atoms with E-state index in [9.17, 15) is 0 Å². The predicted molar refractivity (Wildman–Crippen MR) is 91.9 cm³/mol. The maximum absolute atomic E-state index is 4.64. The predicted octanol–water partition coefficient (Wildman–Crippen LogP) is 1.80. The Bertz CT molecular complexity index is 611. The molecule has 1 aliphatic heterocycles. The van der Waals surface area contributed by atoms with E-state index in [0.29, 0.717) is 12.0 Å². The molecule has 23 heavy (non-hydrogen) atoms. The molecule has 0 spiro atoms. The highest BCUT2D eigenvalue weighted by molar-refractivity contribution is 5.45. The number of rotatable bonds is 5. The molecule has 1 atom stereocenters. The lowest BCUT2D eigenvalue weighted by molar-refractivity contribution is 0.633. The molecule has 122 valence electrons. The lowest BCUT2D eigenvalue weighted by Crippen LogP contribution is -2.47. The summed E-state index contributed by atoms with van der Waals surface area (Å²) in [5.74, 6) is 2.47. The molecular weight excluding hydrogens is 290 g/mol. The average molecular weight is 313 g/mol. The van der Waals surface area contributed by atoms with E-state index in [1.54, 1.807) is 12.4 Å². The summed E-state index contributed by atoms with van der Waals surface area (Å²) < 4.78 is 0. The van der Waals surface area contributed by atoms with Crippen LogP contribution in [-0.4, -0.2) is 52.2 Å². The van der Waals surface area contributed by atoms with Crippen molar-refractivity contribution in [2.24, 2.45) is 0 Å². The molecule has 1 unspecified atom stereocenters. The zero-order valence-electron chi connectivity index (χ0n) is 13.7. The van der Waals surface area contributed by atoms with Gasteiger partial charge >= 0.3 is 0 Å². The molecule has 2 aromatic rings. The van der Waals surface area contributed by atoms with Crippen LogP contribution in [-0.2, 0) is 0 Å². The summed E-state index contributed by atoms with van der Waals surface area (Å²) in [6, 6.07) is 4.18. The minimum Gasteiger partial charge on any atom is -0.353 e. The van der Waals surface area contributed by atoms with Gasteiger partial charge in [0.2, 0.25) is 11.9 Å². The van der Waals surface area contributed by atoms with E-state index in [0.717, 1.165) is 44.4 Å². The number of nitrogens with zero attached hydrogens (tertiary/aromatic N) is 6. The van der Waals surface area contributed by atoms with Gasteiger partial charge in [-0.1, -0.05) is 6.92 Å². The van der Waals surface area contributed by atoms with Gasteiger partial charge in [-0.2, -0.15) is 4.98 Å². The molecule has 1 fully saturated rings. The van der Waals surface area contributed by atoms with Crippen LogP contribution in [0.4, 0.5) is 17.7 Å². The number of nitrogens with one attached hydrogen (secondary N) is 1. The van der Waals surface area contributed by atoms with E-state index >= 15 is 0 Å². The minimum absolute atomic E-state index is 0.373. The van der Waals surface area contributed by atoms with Gasteiger partial charge in [0, 0.05) is 50.8 Å². The summed E-state index contributed by atoms with van der Waals surface area (Å²) in [7, 11) is 0. The first kappa shape index (κ1) is 15.5. The lowest BCUT2D eigenvalue weighted by atomic mass is 10.3. The smallest absolute Gasteiger partial charge is 0.225 e. The van der Waals surface area contributed by atoms with Crippen molar-refractivity contribution in [1.82, 2.24) is 19.9 Å². The van der Waals surface area contributed by atoms with Crippen LogP contribution in [0.25, 0.3) is 0 Å². The third kappa shape index (κ3) is 3.85. The molecule has 0 radical (unpaired) electrons. The molecule has 7 nitrogen and oxygen atoms in total. The molecule has 1 saturated heterocycles. The van der Waals surface area contributed by atoms with Gasteiger partial charge in [-0.05, 0) is 25.5 Å². The molecule has 7 heteroatoms. The highest BCUT2D eigenvalue weighted by atomic mass is 15.3. The maximum atomic E-state index is 4.64. The zero-order chi connectivity index (χ0) is 16.1. The van der Waals surface area contributed by atoms with Gasteiger partial charge < -0.3 is 15.1 Å². The first-order valence-corrected chi connectivity index (χ1v) is 8.12. The standard InChI is InChI=1S/C16H23N7/c1-3-13(2)20-15-17-8-5-14(21-15)22-9-11-23(12-10-22)16-18-6-4-7-19-16/h4-8,13H,3,9-12H2,1-2H3,(H,17,20,21). The highest BCUT2D eigenvalue weighted by Gasteiger charge is 2.20. The second kappa shape index (κ2) is 7.21. The molecule has 2 aromatic heterocycles. The van der Waals surface area contributed by atoms with Crippen LogP contribution >= 0.6 is 0 Å². The monoisotopic (exact) mass is 313 g/mol. The molecule has 0 amide bonds. The van der Waals surface area contributed by atoms with Crippen molar-refractivity contribution in [2.45, 2.75) is 26.3 Å². The Labute approximate surface area is 136 Å². The minimum atomic E-state index is 0.373. The first-order valence-electron chi connectivity index (χ1n) is 8.12. The Morgan fingerprint density at radius 3 is 2.43 bits per heavy atom. The van der Waals surface area contributed by atoms with Gasteiger partial charge in [-0.15, -0.1) is 0 Å². The van der Waals surface area contributed by atoms with Crippen LogP contribution in [0, 0.1) is 0 Å². The molecule has 0 saturated carbocycles. The average Bonchev–Trinajstić information content (AvgIpc) is 2.63. The van der Waals surface area contributed by atoms with Gasteiger partial charge in [0.05, 0.1) is 0 Å². The third-order valence-corrected chi connectivity index (χ3v) is 4.07. The van der Waals surface area contributed by atoms with E-state index in [1.165, 1.54) is 0 Å². The maximum Gasteiger partial charge on any atom is 0.225 e. The van der Waals surface area contributed by atoms with Crippen molar-refractivity contribution < 1.29 is 0 Å². The molecule has 3 heterocycles. The Kier molecular flexibility index (Phi) is 4.85. The Balaban J connectivity index is 1.62. The Hall–Kier alpha value is -2.44. The van der Waals surface area contributed by atoms with Crippen LogP contribution in [0.15, 0.2) is 30.7 Å². The van der Waals surface area contributed by atoms with E-state index in [-0.39, 0.29) is 0 Å². The van der Waals surface area contributed by atoms with Gasteiger partial charge in [0.1, 0.15) is 5.82 Å². The fourth-order valence-corrected chi connectivity index (χ4v) is 2.51. The lowest BCUT2D eigenvalue weighted by Gasteiger charge is -2.35. The zero-order valence-corrected chi connectivity index (χ0v) is 13.7. The Morgan fingerprint density at radius 1 is 1.04 bits per heavy atom. The van der Waals surface area contributed by atoms with Crippen molar-refractivity contribution in [1.29, 1.82) is 0 Å². The van der Waals surface area contributed by atoms with Crippen molar-refractivity contribution in [3.05, 3.63) is 30.7 Å². The summed E-state index contributed by atoms with van der Waals surface area (Å²) in [5.41, 5.74) is 0. The third-order valence-electron chi connectivity index (χ3n) is 4.07. The fraction of sp³-hybridized carbons (Fsp3) is 0.500. The fourth-order valence-electron chi connectivity index (χ4n) is 2.51. The molecule has 1 aliphatic rings. The summed E-state index contributed by atoms with van der Waals surface area (Å²) in [6.07, 6.45) is 6.43. The van der Waals surface area contributed by atoms with Crippen LogP contribution in [0.2, 0.25) is 0 Å².